The molecule has 1 fully saturated rings. The van der Waals surface area contributed by atoms with Gasteiger partial charge in [-0.2, -0.15) is 30.8 Å². The molecule has 224 valence electrons. The molecule has 0 aliphatic carbocycles. The Morgan fingerprint density at radius 2 is 1.83 bits per heavy atom. The number of nitrogens with one attached hydrogen (secondary N) is 2. The lowest BCUT2D eigenvalue weighted by Crippen LogP contribution is -2.44. The minimum atomic E-state index is -3.90. The molecular formula is C29H35N5O5S3. The van der Waals surface area contributed by atoms with Crippen LogP contribution in [0.15, 0.2) is 84.0 Å². The van der Waals surface area contributed by atoms with Crippen molar-refractivity contribution in [2.75, 3.05) is 49.0 Å². The summed E-state index contributed by atoms with van der Waals surface area (Å²) in [5.41, 5.74) is 2.47. The number of carbonyl (C=O) groups is 1. The van der Waals surface area contributed by atoms with Gasteiger partial charge in [0.25, 0.3) is 15.9 Å². The van der Waals surface area contributed by atoms with Crippen molar-refractivity contribution in [1.29, 1.82) is 0 Å². The van der Waals surface area contributed by atoms with Crippen molar-refractivity contribution >= 4 is 54.9 Å². The van der Waals surface area contributed by atoms with Crippen molar-refractivity contribution in [1.82, 2.24) is 20.2 Å². The Kier molecular flexibility index (Phi) is 9.45. The molecule has 13 heteroatoms. The summed E-state index contributed by atoms with van der Waals surface area (Å²) in [6.07, 6.45) is 1.43. The molecule has 0 spiro atoms. The largest absolute Gasteiger partial charge is 0.350 e. The van der Waals surface area contributed by atoms with Gasteiger partial charge in [0.15, 0.2) is 5.03 Å². The molecule has 2 aromatic carbocycles. The van der Waals surface area contributed by atoms with E-state index in [9.17, 15) is 22.3 Å². The molecule has 1 aliphatic rings. The number of amides is 1. The number of benzene rings is 2. The zero-order valence-corrected chi connectivity index (χ0v) is 25.7. The normalized spacial score (nSPS) is 17.0. The van der Waals surface area contributed by atoms with Gasteiger partial charge < -0.3 is 10.3 Å². The fraction of sp³-hybridized carbons (Fsp3) is 0.310. The van der Waals surface area contributed by atoms with Crippen LogP contribution in [0.1, 0.15) is 16.1 Å². The van der Waals surface area contributed by atoms with Crippen LogP contribution in [0.3, 0.4) is 0 Å². The first-order chi connectivity index (χ1) is 20.1. The Morgan fingerprint density at radius 3 is 2.55 bits per heavy atom. The summed E-state index contributed by atoms with van der Waals surface area (Å²) in [5, 5.41) is 3.77. The van der Waals surface area contributed by atoms with Crippen molar-refractivity contribution in [2.24, 2.45) is 0 Å². The maximum Gasteiger partial charge on any atom is 0.281 e. The van der Waals surface area contributed by atoms with Gasteiger partial charge in [-0.05, 0) is 29.8 Å². The Hall–Kier alpha value is -3.07. The molecule has 1 saturated heterocycles. The van der Waals surface area contributed by atoms with Crippen molar-refractivity contribution in [2.45, 2.75) is 16.0 Å². The molecule has 1 aliphatic heterocycles. The van der Waals surface area contributed by atoms with Gasteiger partial charge in [-0.25, -0.2) is 4.98 Å². The first kappa shape index (κ1) is 30.4. The SMILES string of the molecule is CN(c1cccc2cc(C(=O)NCC(CN3CCS(O)(O)CC3)SCc3ccccc3)[nH]c12)S(=O)(=O)c1ccccn1. The second kappa shape index (κ2) is 13.1. The van der Waals surface area contributed by atoms with Crippen molar-refractivity contribution in [3.63, 3.8) is 0 Å². The van der Waals surface area contributed by atoms with Crippen LogP contribution in [0.5, 0.6) is 0 Å². The smallest absolute Gasteiger partial charge is 0.281 e. The number of rotatable bonds is 11. The first-order valence-electron chi connectivity index (χ1n) is 13.5. The van der Waals surface area contributed by atoms with E-state index < -0.39 is 20.6 Å². The maximum absolute atomic E-state index is 13.3. The third-order valence-corrected chi connectivity index (χ3v) is 11.9. The van der Waals surface area contributed by atoms with Gasteiger partial charge >= 0.3 is 0 Å². The molecule has 42 heavy (non-hydrogen) atoms. The minimum absolute atomic E-state index is 0.0631. The molecule has 0 saturated carbocycles. The van der Waals surface area contributed by atoms with E-state index in [1.807, 2.05) is 24.3 Å². The molecule has 1 unspecified atom stereocenters. The third-order valence-electron chi connectivity index (χ3n) is 7.23. The highest BCUT2D eigenvalue weighted by molar-refractivity contribution is 8.24. The number of H-pyrrole nitrogens is 1. The van der Waals surface area contributed by atoms with Crippen LogP contribution < -0.4 is 9.62 Å². The molecule has 10 nitrogen and oxygen atoms in total. The molecule has 4 N–H and O–H groups in total. The number of nitrogens with zero attached hydrogens (tertiary/aromatic N) is 3. The lowest BCUT2D eigenvalue weighted by Gasteiger charge is -2.41. The van der Waals surface area contributed by atoms with Gasteiger partial charge in [0.05, 0.1) is 22.7 Å². The summed E-state index contributed by atoms with van der Waals surface area (Å²) in [6.45, 7) is 2.34. The number of aromatic amines is 1. The van der Waals surface area contributed by atoms with E-state index in [0.29, 0.717) is 60.0 Å². The number of pyridine rings is 1. The zero-order chi connectivity index (χ0) is 29.7. The van der Waals surface area contributed by atoms with Gasteiger partial charge in [0.1, 0.15) is 5.69 Å². The number of sulfonamides is 1. The average Bonchev–Trinajstić information content (AvgIpc) is 3.45. The van der Waals surface area contributed by atoms with Crippen molar-refractivity contribution < 1.29 is 22.3 Å². The molecular weight excluding hydrogens is 595 g/mol. The van der Waals surface area contributed by atoms with E-state index in [1.54, 1.807) is 42.1 Å². The second-order valence-electron chi connectivity index (χ2n) is 10.2. The Labute approximate surface area is 251 Å². The molecule has 0 bridgehead atoms. The Balaban J connectivity index is 1.29. The highest BCUT2D eigenvalue weighted by atomic mass is 32.3. The Bertz CT molecular complexity index is 1610. The van der Waals surface area contributed by atoms with E-state index >= 15 is 0 Å². The lowest BCUT2D eigenvalue weighted by molar-refractivity contribution is 0.0948. The quantitative estimate of drug-likeness (QED) is 0.191. The predicted octanol–water partition coefficient (Wildman–Crippen LogP) is 4.49. The lowest BCUT2D eigenvalue weighted by atomic mass is 10.2. The van der Waals surface area contributed by atoms with Gasteiger partial charge in [0.2, 0.25) is 0 Å². The number of para-hydroxylation sites is 1. The van der Waals surface area contributed by atoms with Gasteiger partial charge in [0, 0.05) is 55.8 Å². The van der Waals surface area contributed by atoms with Crippen LogP contribution in [0.25, 0.3) is 10.9 Å². The van der Waals surface area contributed by atoms with Gasteiger partial charge in [-0.1, -0.05) is 48.5 Å². The Morgan fingerprint density at radius 1 is 1.10 bits per heavy atom. The summed E-state index contributed by atoms with van der Waals surface area (Å²) < 4.78 is 47.6. The number of anilines is 1. The molecule has 2 aromatic heterocycles. The van der Waals surface area contributed by atoms with Crippen molar-refractivity contribution in [3.05, 3.63) is 90.3 Å². The van der Waals surface area contributed by atoms with Crippen LogP contribution >= 0.6 is 22.4 Å². The number of aromatic nitrogens is 2. The monoisotopic (exact) mass is 629 g/mol. The predicted molar refractivity (Wildman–Crippen MR) is 171 cm³/mol. The van der Waals surface area contributed by atoms with E-state index in [4.69, 9.17) is 0 Å². The molecule has 4 aromatic rings. The van der Waals surface area contributed by atoms with Crippen LogP contribution in [0.4, 0.5) is 5.69 Å². The molecule has 0 radical (unpaired) electrons. The third kappa shape index (κ3) is 7.28. The fourth-order valence-electron chi connectivity index (χ4n) is 4.80. The summed E-state index contributed by atoms with van der Waals surface area (Å²) in [6, 6.07) is 21.8. The highest BCUT2D eigenvalue weighted by Crippen LogP contribution is 2.40. The number of fused-ring (bicyclic) bond motifs is 1. The molecule has 5 rings (SSSR count). The second-order valence-corrected chi connectivity index (χ2v) is 15.8. The fourth-order valence-corrected chi connectivity index (χ4v) is 8.38. The van der Waals surface area contributed by atoms with Gasteiger partial charge in [-0.15, -0.1) is 0 Å². The van der Waals surface area contributed by atoms with Crippen LogP contribution in [-0.4, -0.2) is 88.3 Å². The number of thioether (sulfide) groups is 1. The average molecular weight is 630 g/mol. The number of carbonyl (C=O) groups excluding carboxylic acids is 1. The number of hydrogen-bond donors (Lipinski definition) is 4. The maximum atomic E-state index is 13.3. The summed E-state index contributed by atoms with van der Waals surface area (Å²) in [7, 11) is -4.92. The summed E-state index contributed by atoms with van der Waals surface area (Å²) in [4.78, 5) is 22.7. The minimum Gasteiger partial charge on any atom is -0.350 e. The molecule has 1 atom stereocenters. The summed E-state index contributed by atoms with van der Waals surface area (Å²) >= 11 is 1.75. The van der Waals surface area contributed by atoms with Crippen LogP contribution in [-0.2, 0) is 15.8 Å². The van der Waals surface area contributed by atoms with Gasteiger partial charge in [-0.3, -0.25) is 23.1 Å². The highest BCUT2D eigenvalue weighted by Gasteiger charge is 2.26. The van der Waals surface area contributed by atoms with Crippen LogP contribution in [0.2, 0.25) is 0 Å². The van der Waals surface area contributed by atoms with E-state index in [-0.39, 0.29) is 16.2 Å². The molecule has 1 amide bonds. The molecule has 3 heterocycles. The van der Waals surface area contributed by atoms with E-state index in [2.05, 4.69) is 32.3 Å². The standard InChI is InChI=1S/C29H35N5O5S3/c1-33(42(38,39)27-12-5-6-13-30-27)26-11-7-10-23-18-25(32-28(23)26)29(35)31-19-24(40-21-22-8-3-2-4-9-22)20-34-14-16-41(36,37)17-15-34/h2-13,18,24,32,36-37H,14-17,19-21H2,1H3,(H,31,35). The zero-order valence-electron chi connectivity index (χ0n) is 23.2. The summed E-state index contributed by atoms with van der Waals surface area (Å²) in [5.74, 6) is 1.25. The van der Waals surface area contributed by atoms with E-state index in [0.717, 1.165) is 5.75 Å². The topological polar surface area (TPSA) is 139 Å². The first-order valence-corrected chi connectivity index (χ1v) is 17.9. The van der Waals surface area contributed by atoms with Crippen molar-refractivity contribution in [3.8, 4) is 0 Å². The van der Waals surface area contributed by atoms with Crippen LogP contribution in [0, 0.1) is 0 Å². The number of hydrogen-bond acceptors (Lipinski definition) is 8. The van der Waals surface area contributed by atoms with E-state index in [1.165, 1.54) is 29.2 Å².